The molecule has 0 heterocycles. The van der Waals surface area contributed by atoms with Gasteiger partial charge in [0.15, 0.2) is 0 Å². The third-order valence-corrected chi connectivity index (χ3v) is 3.22. The van der Waals surface area contributed by atoms with Gasteiger partial charge in [-0.3, -0.25) is 0 Å². The highest BCUT2D eigenvalue weighted by Crippen LogP contribution is 2.23. The maximum atomic E-state index is 11.4. The second-order valence-corrected chi connectivity index (χ2v) is 4.85. The molecule has 0 unspecified atom stereocenters. The van der Waals surface area contributed by atoms with Crippen molar-refractivity contribution >= 4 is 15.7 Å². The molecule has 0 amide bonds. The maximum Gasteiger partial charge on any atom is 0.240 e. The minimum atomic E-state index is -3.73. The van der Waals surface area contributed by atoms with Crippen molar-refractivity contribution in [2.75, 3.05) is 24.6 Å². The summed E-state index contributed by atoms with van der Waals surface area (Å²) in [6, 6.07) is 6.50. The molecule has 16 heavy (non-hydrogen) atoms. The number of likely N-dealkylation sites (N-methyl/N-ethyl adjacent to an activating group) is 1. The Kier molecular flexibility index (Phi) is 4.28. The standard InChI is InChI=1S/C10H16N2O3S/c1-2-12(7-8-13)9-5-3-4-6-10(9)16(11,14)15/h3-6,13H,2,7-8H2,1H3,(H2,11,14,15). The van der Waals surface area contributed by atoms with E-state index in [0.29, 0.717) is 18.8 Å². The summed E-state index contributed by atoms with van der Waals surface area (Å²) in [7, 11) is -3.73. The lowest BCUT2D eigenvalue weighted by Crippen LogP contribution is -2.28. The third kappa shape index (κ3) is 2.94. The quantitative estimate of drug-likeness (QED) is 0.772. The number of nitrogens with zero attached hydrogens (tertiary/aromatic N) is 1. The number of rotatable bonds is 5. The zero-order valence-corrected chi connectivity index (χ0v) is 9.94. The Hall–Kier alpha value is -1.11. The van der Waals surface area contributed by atoms with Crippen LogP contribution in [0.4, 0.5) is 5.69 Å². The summed E-state index contributed by atoms with van der Waals surface area (Å²) in [5.41, 5.74) is 0.529. The van der Waals surface area contributed by atoms with Gasteiger partial charge in [-0.25, -0.2) is 13.6 Å². The Bertz CT molecular complexity index is 445. The number of anilines is 1. The van der Waals surface area contributed by atoms with Gasteiger partial charge in [0.25, 0.3) is 0 Å². The summed E-state index contributed by atoms with van der Waals surface area (Å²) >= 11 is 0. The van der Waals surface area contributed by atoms with Gasteiger partial charge in [-0.1, -0.05) is 12.1 Å². The van der Waals surface area contributed by atoms with E-state index < -0.39 is 10.0 Å². The van der Waals surface area contributed by atoms with Gasteiger partial charge in [-0.2, -0.15) is 0 Å². The minimum Gasteiger partial charge on any atom is -0.395 e. The summed E-state index contributed by atoms with van der Waals surface area (Å²) in [5.74, 6) is 0. The molecule has 6 heteroatoms. The first kappa shape index (κ1) is 13.0. The number of primary sulfonamides is 1. The fraction of sp³-hybridized carbons (Fsp3) is 0.400. The van der Waals surface area contributed by atoms with Crippen LogP contribution in [-0.4, -0.2) is 33.2 Å². The van der Waals surface area contributed by atoms with Gasteiger partial charge in [-0.05, 0) is 19.1 Å². The van der Waals surface area contributed by atoms with Crippen LogP contribution in [-0.2, 0) is 10.0 Å². The summed E-state index contributed by atoms with van der Waals surface area (Å²) in [6.45, 7) is 2.83. The van der Waals surface area contributed by atoms with Gasteiger partial charge in [0.05, 0.1) is 12.3 Å². The van der Waals surface area contributed by atoms with E-state index in [1.54, 1.807) is 23.1 Å². The SMILES string of the molecule is CCN(CCO)c1ccccc1S(N)(=O)=O. The summed E-state index contributed by atoms with van der Waals surface area (Å²) in [4.78, 5) is 1.85. The molecule has 0 saturated carbocycles. The number of aliphatic hydroxyl groups excluding tert-OH is 1. The van der Waals surface area contributed by atoms with Crippen LogP contribution in [0.2, 0.25) is 0 Å². The molecule has 5 nitrogen and oxygen atoms in total. The fourth-order valence-corrected chi connectivity index (χ4v) is 2.29. The molecular weight excluding hydrogens is 228 g/mol. The van der Waals surface area contributed by atoms with Gasteiger partial charge in [0, 0.05) is 13.1 Å². The van der Waals surface area contributed by atoms with E-state index in [2.05, 4.69) is 0 Å². The lowest BCUT2D eigenvalue weighted by atomic mass is 10.3. The summed E-state index contributed by atoms with van der Waals surface area (Å²) in [5, 5.41) is 14.0. The predicted octanol–water partition coefficient (Wildman–Crippen LogP) is 0.153. The van der Waals surface area contributed by atoms with Crippen LogP contribution in [0.15, 0.2) is 29.2 Å². The van der Waals surface area contributed by atoms with Crippen molar-refractivity contribution in [3.8, 4) is 0 Å². The first-order chi connectivity index (χ1) is 7.50. The van der Waals surface area contributed by atoms with Crippen LogP contribution in [0.1, 0.15) is 6.92 Å². The molecular formula is C10H16N2O3S. The first-order valence-electron chi connectivity index (χ1n) is 4.98. The van der Waals surface area contributed by atoms with Crippen LogP contribution < -0.4 is 10.0 Å². The van der Waals surface area contributed by atoms with Gasteiger partial charge in [0.2, 0.25) is 10.0 Å². The smallest absolute Gasteiger partial charge is 0.240 e. The zero-order chi connectivity index (χ0) is 12.2. The normalized spacial score (nSPS) is 11.4. The second kappa shape index (κ2) is 5.29. The minimum absolute atomic E-state index is 0.0349. The van der Waals surface area contributed by atoms with E-state index in [0.717, 1.165) is 0 Å². The van der Waals surface area contributed by atoms with Gasteiger partial charge < -0.3 is 10.0 Å². The summed E-state index contributed by atoms with van der Waals surface area (Å²) < 4.78 is 22.7. The Labute approximate surface area is 95.5 Å². The van der Waals surface area contributed by atoms with Crippen LogP contribution in [0.25, 0.3) is 0 Å². The largest absolute Gasteiger partial charge is 0.395 e. The van der Waals surface area contributed by atoms with E-state index in [9.17, 15) is 8.42 Å². The van der Waals surface area contributed by atoms with Gasteiger partial charge >= 0.3 is 0 Å². The average Bonchev–Trinajstić information content (AvgIpc) is 2.25. The van der Waals surface area contributed by atoms with E-state index in [1.807, 2.05) is 6.92 Å². The number of hydrogen-bond acceptors (Lipinski definition) is 4. The van der Waals surface area contributed by atoms with E-state index in [4.69, 9.17) is 10.2 Å². The monoisotopic (exact) mass is 244 g/mol. The van der Waals surface area contributed by atoms with Crippen molar-refractivity contribution in [2.24, 2.45) is 5.14 Å². The Morgan fingerprint density at radius 1 is 1.38 bits per heavy atom. The highest BCUT2D eigenvalue weighted by Gasteiger charge is 2.16. The number of sulfonamides is 1. The molecule has 0 bridgehead atoms. The van der Waals surface area contributed by atoms with E-state index in [1.165, 1.54) is 6.07 Å². The molecule has 0 aliphatic heterocycles. The lowest BCUT2D eigenvalue weighted by molar-refractivity contribution is 0.302. The Balaban J connectivity index is 3.22. The molecule has 0 atom stereocenters. The molecule has 90 valence electrons. The number of nitrogens with two attached hydrogens (primary N) is 1. The molecule has 0 aliphatic carbocycles. The van der Waals surface area contributed by atoms with Crippen LogP contribution in [0, 0.1) is 0 Å². The molecule has 3 N–H and O–H groups in total. The Morgan fingerprint density at radius 2 is 2.00 bits per heavy atom. The molecule has 0 spiro atoms. The van der Waals surface area contributed by atoms with Crippen molar-refractivity contribution < 1.29 is 13.5 Å². The highest BCUT2D eigenvalue weighted by atomic mass is 32.2. The third-order valence-electron chi connectivity index (χ3n) is 2.26. The van der Waals surface area contributed by atoms with Gasteiger partial charge in [0.1, 0.15) is 4.90 Å². The highest BCUT2D eigenvalue weighted by molar-refractivity contribution is 7.89. The fourth-order valence-electron chi connectivity index (χ4n) is 1.53. The van der Waals surface area contributed by atoms with Crippen molar-refractivity contribution in [3.05, 3.63) is 24.3 Å². The molecule has 0 fully saturated rings. The number of aliphatic hydroxyl groups is 1. The predicted molar refractivity (Wildman–Crippen MR) is 62.8 cm³/mol. The topological polar surface area (TPSA) is 83.6 Å². The van der Waals surface area contributed by atoms with Crippen LogP contribution >= 0.6 is 0 Å². The number of hydrogen-bond donors (Lipinski definition) is 2. The molecule has 0 radical (unpaired) electrons. The number of para-hydroxylation sites is 1. The van der Waals surface area contributed by atoms with Crippen molar-refractivity contribution in [1.82, 2.24) is 0 Å². The lowest BCUT2D eigenvalue weighted by Gasteiger charge is -2.23. The second-order valence-electron chi connectivity index (χ2n) is 3.32. The molecule has 0 aliphatic rings. The van der Waals surface area contributed by atoms with Crippen molar-refractivity contribution in [2.45, 2.75) is 11.8 Å². The van der Waals surface area contributed by atoms with Crippen LogP contribution in [0.3, 0.4) is 0 Å². The zero-order valence-electron chi connectivity index (χ0n) is 9.13. The molecule has 0 saturated heterocycles. The number of benzene rings is 1. The van der Waals surface area contributed by atoms with Gasteiger partial charge in [-0.15, -0.1) is 0 Å². The maximum absolute atomic E-state index is 11.4. The van der Waals surface area contributed by atoms with Crippen LogP contribution in [0.5, 0.6) is 0 Å². The Morgan fingerprint density at radius 3 is 2.50 bits per heavy atom. The average molecular weight is 244 g/mol. The van der Waals surface area contributed by atoms with E-state index in [-0.39, 0.29) is 11.5 Å². The molecule has 0 aromatic heterocycles. The first-order valence-corrected chi connectivity index (χ1v) is 6.53. The molecule has 1 aromatic rings. The van der Waals surface area contributed by atoms with Crippen molar-refractivity contribution in [1.29, 1.82) is 0 Å². The van der Waals surface area contributed by atoms with Crippen molar-refractivity contribution in [3.63, 3.8) is 0 Å². The molecule has 1 aromatic carbocycles. The molecule has 1 rings (SSSR count). The summed E-state index contributed by atoms with van der Waals surface area (Å²) in [6.07, 6.45) is 0. The van der Waals surface area contributed by atoms with E-state index >= 15 is 0 Å².